The van der Waals surface area contributed by atoms with Crippen LogP contribution in [0.15, 0.2) is 6.33 Å². The summed E-state index contributed by atoms with van der Waals surface area (Å²) >= 11 is 0. The van der Waals surface area contributed by atoms with Gasteiger partial charge in [0.1, 0.15) is 6.33 Å². The van der Waals surface area contributed by atoms with Crippen molar-refractivity contribution in [1.82, 2.24) is 9.97 Å². The molecule has 0 saturated carbocycles. The third-order valence-corrected chi connectivity index (χ3v) is 3.09. The van der Waals surface area contributed by atoms with E-state index in [1.807, 2.05) is 6.92 Å². The zero-order valence-corrected chi connectivity index (χ0v) is 11.1. The Kier molecular flexibility index (Phi) is 4.30. The monoisotopic (exact) mass is 283 g/mol. The van der Waals surface area contributed by atoms with Gasteiger partial charge in [0.2, 0.25) is 11.6 Å². The smallest absolute Gasteiger partial charge is 0.353 e. The molecular formula is C11H17N5O4. The second kappa shape index (κ2) is 5.97. The summed E-state index contributed by atoms with van der Waals surface area (Å²) in [4.78, 5) is 20.0. The molecule has 2 atom stereocenters. The summed E-state index contributed by atoms with van der Waals surface area (Å²) in [5.41, 5.74) is -0.234. The van der Waals surface area contributed by atoms with E-state index < -0.39 is 17.1 Å². The number of nitro groups is 1. The summed E-state index contributed by atoms with van der Waals surface area (Å²) in [6.45, 7) is 2.70. The third-order valence-electron chi connectivity index (χ3n) is 3.09. The maximum atomic E-state index is 11.3. The van der Waals surface area contributed by atoms with Gasteiger partial charge in [-0.1, -0.05) is 6.92 Å². The molecule has 20 heavy (non-hydrogen) atoms. The molecule has 1 fully saturated rings. The van der Waals surface area contributed by atoms with Crippen LogP contribution in [-0.2, 0) is 0 Å². The molecule has 2 unspecified atom stereocenters. The number of β-amino-alcohol motifs (C(OH)–C–C–N with tert-alkyl or cyclic N) is 2. The molecule has 0 spiro atoms. The lowest BCUT2D eigenvalue weighted by Gasteiger charge is -2.17. The van der Waals surface area contributed by atoms with Crippen molar-refractivity contribution < 1.29 is 15.1 Å². The van der Waals surface area contributed by atoms with Crippen LogP contribution in [0.3, 0.4) is 0 Å². The molecular weight excluding hydrogens is 266 g/mol. The highest BCUT2D eigenvalue weighted by atomic mass is 16.6. The molecule has 1 aliphatic heterocycles. The van der Waals surface area contributed by atoms with Gasteiger partial charge >= 0.3 is 5.69 Å². The number of aliphatic hydroxyl groups is 2. The third kappa shape index (κ3) is 2.78. The maximum absolute atomic E-state index is 11.3. The highest BCUT2D eigenvalue weighted by Crippen LogP contribution is 2.33. The fraction of sp³-hybridized carbons (Fsp3) is 0.636. The van der Waals surface area contributed by atoms with E-state index in [9.17, 15) is 20.3 Å². The molecule has 1 saturated heterocycles. The number of aromatic nitrogens is 2. The highest BCUT2D eigenvalue weighted by molar-refractivity contribution is 5.70. The topological polar surface area (TPSA) is 125 Å². The minimum absolute atomic E-state index is 0.103. The summed E-state index contributed by atoms with van der Waals surface area (Å²) in [6.07, 6.45) is 0.169. The van der Waals surface area contributed by atoms with Gasteiger partial charge in [-0.05, 0) is 6.42 Å². The van der Waals surface area contributed by atoms with E-state index in [-0.39, 0.29) is 30.4 Å². The van der Waals surface area contributed by atoms with Gasteiger partial charge in [-0.15, -0.1) is 0 Å². The van der Waals surface area contributed by atoms with E-state index >= 15 is 0 Å². The van der Waals surface area contributed by atoms with Crippen molar-refractivity contribution in [2.75, 3.05) is 29.9 Å². The van der Waals surface area contributed by atoms with Gasteiger partial charge in [-0.2, -0.15) is 0 Å². The first-order valence-electron chi connectivity index (χ1n) is 6.39. The summed E-state index contributed by atoms with van der Waals surface area (Å²) in [6, 6.07) is 0. The number of nitrogens with zero attached hydrogens (tertiary/aromatic N) is 4. The Morgan fingerprint density at radius 1 is 1.45 bits per heavy atom. The Morgan fingerprint density at radius 3 is 2.65 bits per heavy atom. The number of aliphatic hydroxyl groups excluding tert-OH is 2. The molecule has 110 valence electrons. The van der Waals surface area contributed by atoms with Crippen LogP contribution in [-0.4, -0.2) is 56.9 Å². The van der Waals surface area contributed by atoms with Gasteiger partial charge in [-0.3, -0.25) is 10.1 Å². The first-order valence-corrected chi connectivity index (χ1v) is 6.39. The van der Waals surface area contributed by atoms with Crippen LogP contribution in [0, 0.1) is 10.1 Å². The quantitative estimate of drug-likeness (QED) is 0.499. The molecule has 1 aromatic heterocycles. The Hall–Kier alpha value is -2.00. The first kappa shape index (κ1) is 14.4. The predicted octanol–water partition coefficient (Wildman–Crippen LogP) is -0.251. The van der Waals surface area contributed by atoms with Gasteiger partial charge in [0.05, 0.1) is 17.1 Å². The summed E-state index contributed by atoms with van der Waals surface area (Å²) in [7, 11) is 0. The van der Waals surface area contributed by atoms with E-state index in [2.05, 4.69) is 15.3 Å². The average molecular weight is 283 g/mol. The van der Waals surface area contributed by atoms with Crippen LogP contribution in [0.1, 0.15) is 13.3 Å². The molecule has 0 aliphatic carbocycles. The molecule has 0 aromatic carbocycles. The Labute approximate surface area is 115 Å². The largest absolute Gasteiger partial charge is 0.389 e. The van der Waals surface area contributed by atoms with Crippen molar-refractivity contribution in [2.24, 2.45) is 0 Å². The number of hydrogen-bond donors (Lipinski definition) is 3. The fourth-order valence-corrected chi connectivity index (χ4v) is 2.08. The van der Waals surface area contributed by atoms with Crippen molar-refractivity contribution in [3.63, 3.8) is 0 Å². The minimum atomic E-state index is -0.934. The summed E-state index contributed by atoms with van der Waals surface area (Å²) in [5.74, 6) is 0.261. The number of rotatable bonds is 5. The van der Waals surface area contributed by atoms with Crippen LogP contribution < -0.4 is 10.2 Å². The highest BCUT2D eigenvalue weighted by Gasteiger charge is 2.35. The van der Waals surface area contributed by atoms with Crippen molar-refractivity contribution >= 4 is 17.3 Å². The Morgan fingerprint density at radius 2 is 2.10 bits per heavy atom. The zero-order valence-electron chi connectivity index (χ0n) is 11.1. The molecule has 9 heteroatoms. The SMILES string of the molecule is CCCNc1ncnc(N2CC(O)C(O)C2)c1[N+](=O)[O-]. The molecule has 0 radical (unpaired) electrons. The second-order valence-electron chi connectivity index (χ2n) is 4.62. The lowest BCUT2D eigenvalue weighted by molar-refractivity contribution is -0.383. The van der Waals surface area contributed by atoms with Crippen molar-refractivity contribution in [1.29, 1.82) is 0 Å². The Balaban J connectivity index is 2.35. The van der Waals surface area contributed by atoms with E-state index in [1.165, 1.54) is 11.2 Å². The van der Waals surface area contributed by atoms with Gasteiger partial charge in [0.15, 0.2) is 0 Å². The fourth-order valence-electron chi connectivity index (χ4n) is 2.08. The lowest BCUT2D eigenvalue weighted by atomic mass is 10.3. The number of hydrogen-bond acceptors (Lipinski definition) is 8. The summed E-state index contributed by atoms with van der Waals surface area (Å²) < 4.78 is 0. The molecule has 3 N–H and O–H groups in total. The zero-order chi connectivity index (χ0) is 14.7. The lowest BCUT2D eigenvalue weighted by Crippen LogP contribution is -2.24. The number of nitrogens with one attached hydrogen (secondary N) is 1. The van der Waals surface area contributed by atoms with E-state index in [4.69, 9.17) is 0 Å². The molecule has 1 aliphatic rings. The van der Waals surface area contributed by atoms with Crippen LogP contribution in [0.5, 0.6) is 0 Å². The standard InChI is InChI=1S/C11H17N5O4/c1-2-3-12-10-9(16(19)20)11(14-6-13-10)15-4-7(17)8(18)5-15/h6-8,17-18H,2-5H2,1H3,(H,12,13,14). The molecule has 9 nitrogen and oxygen atoms in total. The molecule has 0 bridgehead atoms. The average Bonchev–Trinajstić information content (AvgIpc) is 2.75. The van der Waals surface area contributed by atoms with Gasteiger partial charge < -0.3 is 20.4 Å². The molecule has 2 heterocycles. The number of anilines is 2. The minimum Gasteiger partial charge on any atom is -0.389 e. The Bertz CT molecular complexity index is 488. The molecule has 1 aromatic rings. The van der Waals surface area contributed by atoms with E-state index in [0.717, 1.165) is 6.42 Å². The molecule has 0 amide bonds. The van der Waals surface area contributed by atoms with Crippen molar-refractivity contribution in [2.45, 2.75) is 25.6 Å². The van der Waals surface area contributed by atoms with Crippen LogP contribution in [0.25, 0.3) is 0 Å². The molecule has 2 rings (SSSR count). The van der Waals surface area contributed by atoms with Crippen LogP contribution in [0.4, 0.5) is 17.3 Å². The van der Waals surface area contributed by atoms with Crippen molar-refractivity contribution in [3.05, 3.63) is 16.4 Å². The van der Waals surface area contributed by atoms with E-state index in [1.54, 1.807) is 0 Å². The predicted molar refractivity (Wildman–Crippen MR) is 71.7 cm³/mol. The van der Waals surface area contributed by atoms with Gasteiger partial charge in [0.25, 0.3) is 0 Å². The van der Waals surface area contributed by atoms with Crippen molar-refractivity contribution in [3.8, 4) is 0 Å². The van der Waals surface area contributed by atoms with Gasteiger partial charge in [0, 0.05) is 19.6 Å². The second-order valence-corrected chi connectivity index (χ2v) is 4.62. The first-order chi connectivity index (χ1) is 9.54. The van der Waals surface area contributed by atoms with Gasteiger partial charge in [-0.25, -0.2) is 9.97 Å². The van der Waals surface area contributed by atoms with Crippen LogP contribution in [0.2, 0.25) is 0 Å². The van der Waals surface area contributed by atoms with E-state index in [0.29, 0.717) is 6.54 Å². The maximum Gasteiger partial charge on any atom is 0.353 e. The normalized spacial score (nSPS) is 22.1. The van der Waals surface area contributed by atoms with Crippen LogP contribution >= 0.6 is 0 Å². The summed E-state index contributed by atoms with van der Waals surface area (Å²) in [5, 5.41) is 33.2.